The molecule has 0 aliphatic carbocycles. The molecule has 2 aromatic rings. The number of rotatable bonds is 6. The molecule has 0 aliphatic heterocycles. The standard InChI is InChI=1S/C17H24N2/c1-3-7-13(2)17(19-18)12-15-10-6-9-14-8-4-5-11-16(14)15/h4-6,8-11,13,17,19H,3,7,12,18H2,1-2H3. The molecule has 0 heterocycles. The zero-order valence-corrected chi connectivity index (χ0v) is 11.9. The minimum Gasteiger partial charge on any atom is -0.271 e. The third kappa shape index (κ3) is 3.34. The number of nitrogens with two attached hydrogens (primary N) is 1. The summed E-state index contributed by atoms with van der Waals surface area (Å²) >= 11 is 0. The second-order valence-electron chi connectivity index (χ2n) is 5.38. The third-order valence-corrected chi connectivity index (χ3v) is 3.96. The summed E-state index contributed by atoms with van der Waals surface area (Å²) in [5.41, 5.74) is 4.38. The van der Waals surface area contributed by atoms with Crippen LogP contribution in [0, 0.1) is 5.92 Å². The lowest BCUT2D eigenvalue weighted by molar-refractivity contribution is 0.357. The highest BCUT2D eigenvalue weighted by Crippen LogP contribution is 2.22. The van der Waals surface area contributed by atoms with E-state index in [4.69, 9.17) is 5.84 Å². The largest absolute Gasteiger partial charge is 0.271 e. The van der Waals surface area contributed by atoms with Crippen LogP contribution >= 0.6 is 0 Å². The molecule has 2 unspecified atom stereocenters. The second kappa shape index (κ2) is 6.69. The highest BCUT2D eigenvalue weighted by Gasteiger charge is 2.16. The zero-order valence-electron chi connectivity index (χ0n) is 11.9. The minimum atomic E-state index is 0.339. The first kappa shape index (κ1) is 14.0. The predicted octanol–water partition coefficient (Wildman–Crippen LogP) is 3.65. The fraction of sp³-hybridized carbons (Fsp3) is 0.412. The molecule has 0 saturated carbocycles. The Bertz CT molecular complexity index is 516. The zero-order chi connectivity index (χ0) is 13.7. The van der Waals surface area contributed by atoms with Crippen molar-refractivity contribution in [1.29, 1.82) is 0 Å². The molecular weight excluding hydrogens is 232 g/mol. The molecule has 0 amide bonds. The normalized spacial score (nSPS) is 14.5. The molecular formula is C17H24N2. The lowest BCUT2D eigenvalue weighted by Gasteiger charge is -2.23. The molecule has 0 aliphatic rings. The summed E-state index contributed by atoms with van der Waals surface area (Å²) in [5, 5.41) is 2.65. The second-order valence-corrected chi connectivity index (χ2v) is 5.38. The van der Waals surface area contributed by atoms with E-state index in [0.717, 1.165) is 6.42 Å². The molecule has 102 valence electrons. The lowest BCUT2D eigenvalue weighted by Crippen LogP contribution is -2.41. The molecule has 2 nitrogen and oxygen atoms in total. The Morgan fingerprint density at radius 1 is 1.11 bits per heavy atom. The maximum absolute atomic E-state index is 5.75. The van der Waals surface area contributed by atoms with Crippen molar-refractivity contribution in [1.82, 2.24) is 5.43 Å². The van der Waals surface area contributed by atoms with Gasteiger partial charge in [-0.2, -0.15) is 0 Å². The molecule has 19 heavy (non-hydrogen) atoms. The maximum Gasteiger partial charge on any atom is 0.0276 e. The van der Waals surface area contributed by atoms with E-state index < -0.39 is 0 Å². The first-order chi connectivity index (χ1) is 9.26. The van der Waals surface area contributed by atoms with Gasteiger partial charge in [0, 0.05) is 6.04 Å². The Morgan fingerprint density at radius 2 is 1.84 bits per heavy atom. The van der Waals surface area contributed by atoms with E-state index in [1.54, 1.807) is 0 Å². The Balaban J connectivity index is 2.24. The van der Waals surface area contributed by atoms with E-state index in [0.29, 0.717) is 12.0 Å². The van der Waals surface area contributed by atoms with Gasteiger partial charge in [-0.25, -0.2) is 0 Å². The van der Waals surface area contributed by atoms with E-state index in [-0.39, 0.29) is 0 Å². The van der Waals surface area contributed by atoms with Gasteiger partial charge in [0.05, 0.1) is 0 Å². The van der Waals surface area contributed by atoms with Crippen molar-refractivity contribution in [2.24, 2.45) is 11.8 Å². The molecule has 2 heteroatoms. The Hall–Kier alpha value is -1.38. The molecule has 2 atom stereocenters. The molecule has 0 bridgehead atoms. The van der Waals surface area contributed by atoms with Crippen LogP contribution < -0.4 is 11.3 Å². The topological polar surface area (TPSA) is 38.0 Å². The van der Waals surface area contributed by atoms with Crippen molar-refractivity contribution in [3.05, 3.63) is 48.0 Å². The van der Waals surface area contributed by atoms with Gasteiger partial charge in [-0.1, -0.05) is 62.7 Å². The Kier molecular flexibility index (Phi) is 4.94. The predicted molar refractivity (Wildman–Crippen MR) is 82.8 cm³/mol. The van der Waals surface area contributed by atoms with Gasteiger partial charge in [-0.3, -0.25) is 11.3 Å². The van der Waals surface area contributed by atoms with E-state index >= 15 is 0 Å². The first-order valence-corrected chi connectivity index (χ1v) is 7.19. The van der Waals surface area contributed by atoms with E-state index in [2.05, 4.69) is 61.7 Å². The van der Waals surface area contributed by atoms with Crippen molar-refractivity contribution in [2.45, 2.75) is 39.2 Å². The number of nitrogens with one attached hydrogen (secondary N) is 1. The highest BCUT2D eigenvalue weighted by molar-refractivity contribution is 5.85. The van der Waals surface area contributed by atoms with Gasteiger partial charge in [0.25, 0.3) is 0 Å². The van der Waals surface area contributed by atoms with Gasteiger partial charge >= 0.3 is 0 Å². The quantitative estimate of drug-likeness (QED) is 0.611. The van der Waals surface area contributed by atoms with Gasteiger partial charge in [-0.15, -0.1) is 0 Å². The van der Waals surface area contributed by atoms with Crippen molar-refractivity contribution in [3.8, 4) is 0 Å². The molecule has 0 spiro atoms. The van der Waals surface area contributed by atoms with Crippen LogP contribution in [0.5, 0.6) is 0 Å². The summed E-state index contributed by atoms with van der Waals surface area (Å²) < 4.78 is 0. The van der Waals surface area contributed by atoms with Crippen LogP contribution in [0.15, 0.2) is 42.5 Å². The minimum absolute atomic E-state index is 0.339. The van der Waals surface area contributed by atoms with Crippen LogP contribution in [0.2, 0.25) is 0 Å². The molecule has 0 saturated heterocycles. The first-order valence-electron chi connectivity index (χ1n) is 7.19. The average molecular weight is 256 g/mol. The number of fused-ring (bicyclic) bond motifs is 1. The smallest absolute Gasteiger partial charge is 0.0276 e. The summed E-state index contributed by atoms with van der Waals surface area (Å²) in [5.74, 6) is 6.34. The van der Waals surface area contributed by atoms with Crippen LogP contribution in [0.1, 0.15) is 32.3 Å². The van der Waals surface area contributed by atoms with E-state index in [1.165, 1.54) is 29.2 Å². The molecule has 2 aromatic carbocycles. The van der Waals surface area contributed by atoms with Crippen LogP contribution in [0.4, 0.5) is 0 Å². The van der Waals surface area contributed by atoms with Crippen LogP contribution in [0.25, 0.3) is 10.8 Å². The summed E-state index contributed by atoms with van der Waals surface area (Å²) in [4.78, 5) is 0. The summed E-state index contributed by atoms with van der Waals surface area (Å²) in [6.07, 6.45) is 3.40. The molecule has 2 rings (SSSR count). The van der Waals surface area contributed by atoms with Crippen LogP contribution in [-0.2, 0) is 6.42 Å². The summed E-state index contributed by atoms with van der Waals surface area (Å²) in [6, 6.07) is 15.4. The fourth-order valence-electron chi connectivity index (χ4n) is 2.79. The number of benzene rings is 2. The van der Waals surface area contributed by atoms with E-state index in [9.17, 15) is 0 Å². The average Bonchev–Trinajstić information content (AvgIpc) is 2.45. The number of hydrogen-bond acceptors (Lipinski definition) is 2. The van der Waals surface area contributed by atoms with E-state index in [1.807, 2.05) is 0 Å². The maximum atomic E-state index is 5.75. The van der Waals surface area contributed by atoms with Gasteiger partial charge < -0.3 is 0 Å². The Labute approximate surface area is 116 Å². The monoisotopic (exact) mass is 256 g/mol. The Morgan fingerprint density at radius 3 is 2.58 bits per heavy atom. The molecule has 0 aromatic heterocycles. The summed E-state index contributed by atoms with van der Waals surface area (Å²) in [6.45, 7) is 4.50. The summed E-state index contributed by atoms with van der Waals surface area (Å²) in [7, 11) is 0. The van der Waals surface area contributed by atoms with Crippen molar-refractivity contribution in [2.75, 3.05) is 0 Å². The van der Waals surface area contributed by atoms with Crippen molar-refractivity contribution >= 4 is 10.8 Å². The molecule has 3 N–H and O–H groups in total. The third-order valence-electron chi connectivity index (χ3n) is 3.96. The molecule has 0 fully saturated rings. The SMILES string of the molecule is CCCC(C)C(Cc1cccc2ccccc12)NN. The number of hydrogen-bond donors (Lipinski definition) is 2. The fourth-order valence-corrected chi connectivity index (χ4v) is 2.79. The van der Waals surface area contributed by atoms with Gasteiger partial charge in [0.15, 0.2) is 0 Å². The van der Waals surface area contributed by atoms with Crippen LogP contribution in [-0.4, -0.2) is 6.04 Å². The van der Waals surface area contributed by atoms with Crippen molar-refractivity contribution < 1.29 is 0 Å². The van der Waals surface area contributed by atoms with Crippen molar-refractivity contribution in [3.63, 3.8) is 0 Å². The van der Waals surface area contributed by atoms with Gasteiger partial charge in [-0.05, 0) is 35.1 Å². The van der Waals surface area contributed by atoms with Gasteiger partial charge in [0.1, 0.15) is 0 Å². The number of hydrazine groups is 1. The van der Waals surface area contributed by atoms with Gasteiger partial charge in [0.2, 0.25) is 0 Å². The molecule has 0 radical (unpaired) electrons. The van der Waals surface area contributed by atoms with Crippen LogP contribution in [0.3, 0.4) is 0 Å². The highest BCUT2D eigenvalue weighted by atomic mass is 15.2. The lowest BCUT2D eigenvalue weighted by atomic mass is 9.90.